The summed E-state index contributed by atoms with van der Waals surface area (Å²) in [5.41, 5.74) is 0. The molecule has 0 aliphatic heterocycles. The molecule has 1 aliphatic carbocycles. The average molecular weight is 399 g/mol. The monoisotopic (exact) mass is 399 g/mol. The second-order valence-corrected chi connectivity index (χ2v) is 5.63. The first kappa shape index (κ1) is 19.9. The van der Waals surface area contributed by atoms with Gasteiger partial charge >= 0.3 is 0 Å². The van der Waals surface area contributed by atoms with Gasteiger partial charge in [0.25, 0.3) is 0 Å². The van der Waals surface area contributed by atoms with E-state index in [9.17, 15) is 5.11 Å². The van der Waals surface area contributed by atoms with Crippen molar-refractivity contribution in [2.45, 2.75) is 39.7 Å². The van der Waals surface area contributed by atoms with Gasteiger partial charge in [0, 0.05) is 26.2 Å². The third kappa shape index (κ3) is 10.7. The van der Waals surface area contributed by atoms with E-state index in [1.165, 1.54) is 12.8 Å². The number of aliphatic hydroxyl groups excluding tert-OH is 1. The van der Waals surface area contributed by atoms with E-state index in [1.807, 2.05) is 6.92 Å². The lowest BCUT2D eigenvalue weighted by atomic mass is 10.2. The second-order valence-electron chi connectivity index (χ2n) is 5.63. The molecule has 6 heteroatoms. The van der Waals surface area contributed by atoms with Crippen molar-refractivity contribution in [3.05, 3.63) is 0 Å². The second kappa shape index (κ2) is 11.6. The van der Waals surface area contributed by atoms with Crippen LogP contribution in [0.2, 0.25) is 0 Å². The summed E-state index contributed by atoms with van der Waals surface area (Å²) in [6, 6.07) is 0. The molecule has 0 heterocycles. The number of nitrogens with zero attached hydrogens (tertiary/aromatic N) is 1. The molecule has 0 aromatic rings. The van der Waals surface area contributed by atoms with Crippen molar-refractivity contribution >= 4 is 29.9 Å². The summed E-state index contributed by atoms with van der Waals surface area (Å²) in [7, 11) is 0. The van der Waals surface area contributed by atoms with Crippen molar-refractivity contribution in [3.8, 4) is 0 Å². The van der Waals surface area contributed by atoms with Crippen LogP contribution in [0, 0.1) is 11.8 Å². The number of rotatable bonds is 9. The summed E-state index contributed by atoms with van der Waals surface area (Å²) in [5, 5.41) is 16.1. The highest BCUT2D eigenvalue weighted by molar-refractivity contribution is 14.0. The van der Waals surface area contributed by atoms with Crippen LogP contribution in [0.5, 0.6) is 0 Å². The molecule has 0 aromatic carbocycles. The Labute approximate surface area is 140 Å². The summed E-state index contributed by atoms with van der Waals surface area (Å²) >= 11 is 0. The molecule has 0 saturated heterocycles. The van der Waals surface area contributed by atoms with Crippen molar-refractivity contribution < 1.29 is 9.84 Å². The smallest absolute Gasteiger partial charge is 0.191 e. The average Bonchev–Trinajstić information content (AvgIpc) is 3.16. The van der Waals surface area contributed by atoms with Crippen molar-refractivity contribution in [3.63, 3.8) is 0 Å². The minimum Gasteiger partial charge on any atom is -0.389 e. The van der Waals surface area contributed by atoms with Crippen LogP contribution in [-0.2, 0) is 4.74 Å². The van der Waals surface area contributed by atoms with Gasteiger partial charge in [-0.15, -0.1) is 24.0 Å². The molecule has 0 radical (unpaired) electrons. The van der Waals surface area contributed by atoms with E-state index in [-0.39, 0.29) is 24.0 Å². The normalized spacial score (nSPS) is 16.8. The first-order valence-corrected chi connectivity index (χ1v) is 7.39. The van der Waals surface area contributed by atoms with E-state index >= 15 is 0 Å². The van der Waals surface area contributed by atoms with Crippen LogP contribution in [0.4, 0.5) is 0 Å². The van der Waals surface area contributed by atoms with Gasteiger partial charge < -0.3 is 20.5 Å². The number of halogens is 1. The molecule has 3 N–H and O–H groups in total. The van der Waals surface area contributed by atoms with Gasteiger partial charge in [-0.25, -0.2) is 0 Å². The van der Waals surface area contributed by atoms with Crippen LogP contribution in [0.3, 0.4) is 0 Å². The molecular weight excluding hydrogens is 369 g/mol. The molecule has 1 atom stereocenters. The minimum absolute atomic E-state index is 0. The number of aliphatic imine (C=N–C) groups is 1. The number of hydrogen-bond acceptors (Lipinski definition) is 3. The molecular formula is C14H30IN3O2. The number of aliphatic hydroxyl groups is 1. The highest BCUT2D eigenvalue weighted by atomic mass is 127. The molecule has 1 unspecified atom stereocenters. The third-order valence-corrected chi connectivity index (χ3v) is 2.82. The van der Waals surface area contributed by atoms with Crippen LogP contribution in [0.15, 0.2) is 4.99 Å². The van der Waals surface area contributed by atoms with Crippen LogP contribution in [-0.4, -0.2) is 50.0 Å². The van der Waals surface area contributed by atoms with Crippen LogP contribution >= 0.6 is 24.0 Å². The Morgan fingerprint density at radius 2 is 2.05 bits per heavy atom. The predicted molar refractivity (Wildman–Crippen MR) is 93.8 cm³/mol. The number of hydrogen-bond donors (Lipinski definition) is 3. The van der Waals surface area contributed by atoms with E-state index in [2.05, 4.69) is 29.5 Å². The van der Waals surface area contributed by atoms with Gasteiger partial charge in [0.1, 0.15) is 0 Å². The zero-order valence-corrected chi connectivity index (χ0v) is 15.2. The topological polar surface area (TPSA) is 65.9 Å². The molecule has 0 amide bonds. The maximum atomic E-state index is 9.81. The SMILES string of the molecule is CCNC(=NCC(C)C)NCC(O)COCC1CC1.I. The molecule has 1 saturated carbocycles. The fourth-order valence-electron chi connectivity index (χ4n) is 1.54. The molecule has 1 rings (SSSR count). The van der Waals surface area contributed by atoms with E-state index < -0.39 is 6.10 Å². The number of nitrogens with one attached hydrogen (secondary N) is 2. The lowest BCUT2D eigenvalue weighted by molar-refractivity contribution is 0.0345. The number of ether oxygens (including phenoxy) is 1. The number of guanidine groups is 1. The summed E-state index contributed by atoms with van der Waals surface area (Å²) in [5.74, 6) is 2.03. The first-order valence-electron chi connectivity index (χ1n) is 7.39. The van der Waals surface area contributed by atoms with Gasteiger partial charge in [-0.2, -0.15) is 0 Å². The van der Waals surface area contributed by atoms with Crippen LogP contribution in [0.25, 0.3) is 0 Å². The summed E-state index contributed by atoms with van der Waals surface area (Å²) in [6.45, 7) is 9.55. The van der Waals surface area contributed by atoms with Gasteiger partial charge in [-0.3, -0.25) is 4.99 Å². The Hall–Kier alpha value is -0.0800. The van der Waals surface area contributed by atoms with E-state index in [0.717, 1.165) is 31.6 Å². The highest BCUT2D eigenvalue weighted by Crippen LogP contribution is 2.28. The molecule has 20 heavy (non-hydrogen) atoms. The Kier molecular flexibility index (Phi) is 11.5. The lowest BCUT2D eigenvalue weighted by Gasteiger charge is -2.15. The maximum absolute atomic E-state index is 9.81. The first-order chi connectivity index (χ1) is 9.11. The van der Waals surface area contributed by atoms with Gasteiger partial charge in [-0.1, -0.05) is 13.8 Å². The van der Waals surface area contributed by atoms with Gasteiger partial charge in [0.05, 0.1) is 12.7 Å². The van der Waals surface area contributed by atoms with Crippen molar-refractivity contribution in [2.24, 2.45) is 16.8 Å². The molecule has 1 aliphatic rings. The third-order valence-electron chi connectivity index (χ3n) is 2.82. The summed E-state index contributed by atoms with van der Waals surface area (Å²) < 4.78 is 5.46. The maximum Gasteiger partial charge on any atom is 0.191 e. The molecule has 1 fully saturated rings. The van der Waals surface area contributed by atoms with Crippen LogP contribution < -0.4 is 10.6 Å². The summed E-state index contributed by atoms with van der Waals surface area (Å²) in [4.78, 5) is 4.45. The van der Waals surface area contributed by atoms with Crippen LogP contribution in [0.1, 0.15) is 33.6 Å². The van der Waals surface area contributed by atoms with Gasteiger partial charge in [0.15, 0.2) is 5.96 Å². The van der Waals surface area contributed by atoms with Crippen molar-refractivity contribution in [2.75, 3.05) is 32.8 Å². The molecule has 0 bridgehead atoms. The Morgan fingerprint density at radius 3 is 2.60 bits per heavy atom. The minimum atomic E-state index is -0.485. The zero-order valence-electron chi connectivity index (χ0n) is 12.9. The fourth-order valence-corrected chi connectivity index (χ4v) is 1.54. The predicted octanol–water partition coefficient (Wildman–Crippen LogP) is 1.60. The Balaban J connectivity index is 0.00000361. The molecule has 0 aromatic heterocycles. The quantitative estimate of drug-likeness (QED) is 0.313. The Bertz CT molecular complexity index is 271. The van der Waals surface area contributed by atoms with E-state index in [4.69, 9.17) is 4.74 Å². The molecule has 120 valence electrons. The summed E-state index contributed by atoms with van der Waals surface area (Å²) in [6.07, 6.45) is 2.07. The highest BCUT2D eigenvalue weighted by Gasteiger charge is 2.21. The Morgan fingerprint density at radius 1 is 1.35 bits per heavy atom. The van der Waals surface area contributed by atoms with Gasteiger partial charge in [-0.05, 0) is 31.6 Å². The van der Waals surface area contributed by atoms with E-state index in [0.29, 0.717) is 19.1 Å². The largest absolute Gasteiger partial charge is 0.389 e. The molecule has 0 spiro atoms. The fraction of sp³-hybridized carbons (Fsp3) is 0.929. The molecule has 5 nitrogen and oxygen atoms in total. The zero-order chi connectivity index (χ0) is 14.1. The van der Waals surface area contributed by atoms with E-state index in [1.54, 1.807) is 0 Å². The van der Waals surface area contributed by atoms with Crippen molar-refractivity contribution in [1.82, 2.24) is 10.6 Å². The lowest BCUT2D eigenvalue weighted by Crippen LogP contribution is -2.42. The standard InChI is InChI=1S/C14H29N3O2.HI/c1-4-15-14(16-7-11(2)3)17-8-13(18)10-19-9-12-5-6-12;/h11-13,18H,4-10H2,1-3H3,(H2,15,16,17);1H. The van der Waals surface area contributed by atoms with Crippen molar-refractivity contribution in [1.29, 1.82) is 0 Å². The van der Waals surface area contributed by atoms with Gasteiger partial charge in [0.2, 0.25) is 0 Å².